The predicted molar refractivity (Wildman–Crippen MR) is 142 cm³/mol. The molecule has 0 aliphatic heterocycles. The van der Waals surface area contributed by atoms with Crippen LogP contribution in [0.4, 0.5) is 5.69 Å². The van der Waals surface area contributed by atoms with Gasteiger partial charge in [-0.2, -0.15) is 0 Å². The highest BCUT2D eigenvalue weighted by Gasteiger charge is 2.54. The average molecular weight is 516 g/mol. The van der Waals surface area contributed by atoms with Crippen LogP contribution < -0.4 is 10.1 Å². The van der Waals surface area contributed by atoms with Gasteiger partial charge in [-0.1, -0.05) is 52.1 Å². The van der Waals surface area contributed by atoms with Gasteiger partial charge in [-0.25, -0.2) is 0 Å². The van der Waals surface area contributed by atoms with Crippen molar-refractivity contribution in [3.63, 3.8) is 0 Å². The molecule has 1 aromatic carbocycles. The fourth-order valence-electron chi connectivity index (χ4n) is 4.54. The van der Waals surface area contributed by atoms with Gasteiger partial charge < -0.3 is 9.47 Å². The van der Waals surface area contributed by atoms with Crippen molar-refractivity contribution in [2.24, 2.45) is 5.41 Å². The van der Waals surface area contributed by atoms with E-state index in [0.717, 1.165) is 16.3 Å². The number of methoxy groups -OCH3 is 2. The second-order valence-corrected chi connectivity index (χ2v) is 20.8. The maximum Gasteiger partial charge on any atom is 0.323 e. The van der Waals surface area contributed by atoms with E-state index >= 15 is 0 Å². The zero-order valence-electron chi connectivity index (χ0n) is 22.6. The third-order valence-corrected chi connectivity index (χ3v) is 8.93. The number of hydrogen-bond donors (Lipinski definition) is 0. The number of carbonyl (C=O) groups excluding carboxylic acids is 4. The molecule has 0 fully saturated rings. The van der Waals surface area contributed by atoms with E-state index in [-0.39, 0.29) is 31.1 Å². The third-order valence-electron chi connectivity index (χ3n) is 6.05. The fraction of sp³-hybridized carbons (Fsp3) is 0.538. The molecule has 190 valence electrons. The zero-order valence-corrected chi connectivity index (χ0v) is 24.6. The van der Waals surface area contributed by atoms with Crippen molar-refractivity contribution in [1.82, 2.24) is 0 Å². The lowest BCUT2D eigenvalue weighted by atomic mass is 9.84. The van der Waals surface area contributed by atoms with Gasteiger partial charge in [0, 0.05) is 25.3 Å². The van der Waals surface area contributed by atoms with Crippen LogP contribution in [0.25, 0.3) is 0 Å². The quantitative estimate of drug-likeness (QED) is 0.259. The highest BCUT2D eigenvalue weighted by Crippen LogP contribution is 2.42. The van der Waals surface area contributed by atoms with Crippen LogP contribution in [0.3, 0.4) is 0 Å². The van der Waals surface area contributed by atoms with Crippen LogP contribution in [0, 0.1) is 16.9 Å². The second kappa shape index (κ2) is 10.1. The molecular formula is C26H37NO6Si2. The maximum absolute atomic E-state index is 12.9. The summed E-state index contributed by atoms with van der Waals surface area (Å²) in [6.07, 6.45) is 0.303. The van der Waals surface area contributed by atoms with Crippen LogP contribution in [-0.2, 0) is 41.5 Å². The summed E-state index contributed by atoms with van der Waals surface area (Å²) in [5.74, 6) is 1.35. The minimum absolute atomic E-state index is 0.0499. The SMILES string of the molecule is CCC(=O)N(C(C)=O)c1cc2c(c(C#C[Si](C)(C)C)c1[Si](C)(C)C)CC(C(=O)OC)(C(=O)OC)C2. The molecule has 0 bridgehead atoms. The molecule has 0 saturated carbocycles. The summed E-state index contributed by atoms with van der Waals surface area (Å²) in [5.41, 5.74) is 4.61. The minimum Gasteiger partial charge on any atom is -0.468 e. The van der Waals surface area contributed by atoms with Crippen LogP contribution in [0.2, 0.25) is 39.3 Å². The van der Waals surface area contributed by atoms with E-state index in [9.17, 15) is 19.2 Å². The summed E-state index contributed by atoms with van der Waals surface area (Å²) < 4.78 is 10.1. The Kier molecular flexibility index (Phi) is 8.24. The lowest BCUT2D eigenvalue weighted by Crippen LogP contribution is -2.47. The normalized spacial score (nSPS) is 14.3. The van der Waals surface area contributed by atoms with Gasteiger partial charge >= 0.3 is 11.9 Å². The number of esters is 2. The van der Waals surface area contributed by atoms with Crippen LogP contribution in [0.5, 0.6) is 0 Å². The van der Waals surface area contributed by atoms with Gasteiger partial charge in [-0.05, 0) is 28.8 Å². The lowest BCUT2D eigenvalue weighted by Gasteiger charge is -2.30. The van der Waals surface area contributed by atoms with Crippen molar-refractivity contribution in [3.05, 3.63) is 22.8 Å². The van der Waals surface area contributed by atoms with Crippen molar-refractivity contribution >= 4 is 50.8 Å². The number of hydrogen-bond acceptors (Lipinski definition) is 6. The topological polar surface area (TPSA) is 90.0 Å². The van der Waals surface area contributed by atoms with Crippen molar-refractivity contribution in [3.8, 4) is 11.5 Å². The van der Waals surface area contributed by atoms with E-state index in [1.807, 2.05) is 0 Å². The molecule has 1 aliphatic rings. The Hall–Kier alpha value is -2.71. The lowest BCUT2D eigenvalue weighted by molar-refractivity contribution is -0.168. The van der Waals surface area contributed by atoms with Crippen LogP contribution >= 0.6 is 0 Å². The molecule has 0 saturated heterocycles. The Labute approximate surface area is 210 Å². The summed E-state index contributed by atoms with van der Waals surface area (Å²) in [4.78, 5) is 52.8. The summed E-state index contributed by atoms with van der Waals surface area (Å²) in [6, 6.07) is 1.80. The molecule has 0 N–H and O–H groups in total. The number of nitrogens with zero attached hydrogens (tertiary/aromatic N) is 1. The van der Waals surface area contributed by atoms with Crippen LogP contribution in [0.1, 0.15) is 37.0 Å². The number of rotatable bonds is 5. The van der Waals surface area contributed by atoms with Gasteiger partial charge in [0.1, 0.15) is 8.07 Å². The molecule has 0 heterocycles. The van der Waals surface area contributed by atoms with Crippen molar-refractivity contribution < 1.29 is 28.7 Å². The van der Waals surface area contributed by atoms with E-state index in [2.05, 4.69) is 50.7 Å². The van der Waals surface area contributed by atoms with Crippen molar-refractivity contribution in [2.45, 2.75) is 72.4 Å². The first-order valence-corrected chi connectivity index (χ1v) is 18.8. The number of anilines is 1. The standard InChI is InChI=1S/C26H37NO6Si2/c1-11-22(29)27(17(2)28)21-14-18-15-26(24(30)32-3,25(31)33-4)16-20(18)19(12-13-34(5,6)7)23(21)35(8,9)10/h14H,11,15-16H2,1-10H3. The summed E-state index contributed by atoms with van der Waals surface area (Å²) >= 11 is 0. The molecule has 0 aromatic heterocycles. The zero-order chi connectivity index (χ0) is 26.9. The van der Waals surface area contributed by atoms with Gasteiger partial charge in [0.15, 0.2) is 5.41 Å². The third kappa shape index (κ3) is 5.59. The first-order valence-electron chi connectivity index (χ1n) is 11.8. The Morgan fingerprint density at radius 1 is 1.00 bits per heavy atom. The number of ether oxygens (including phenoxy) is 2. The molecule has 1 aromatic rings. The van der Waals surface area contributed by atoms with E-state index in [0.29, 0.717) is 11.3 Å². The molecule has 1 aliphatic carbocycles. The number of carbonyl (C=O) groups is 4. The van der Waals surface area contributed by atoms with Crippen LogP contribution in [-0.4, -0.2) is 54.1 Å². The number of fused-ring (bicyclic) bond motifs is 1. The second-order valence-electron chi connectivity index (χ2n) is 11.1. The van der Waals surface area contributed by atoms with Crippen molar-refractivity contribution in [1.29, 1.82) is 0 Å². The minimum atomic E-state index is -2.21. The van der Waals surface area contributed by atoms with Crippen molar-refractivity contribution in [2.75, 3.05) is 19.1 Å². The Bertz CT molecular complexity index is 1120. The smallest absolute Gasteiger partial charge is 0.323 e. The molecule has 2 amide bonds. The van der Waals surface area contributed by atoms with E-state index in [4.69, 9.17) is 9.47 Å². The van der Waals surface area contributed by atoms with E-state index < -0.39 is 33.5 Å². The van der Waals surface area contributed by atoms with Crippen LogP contribution in [0.15, 0.2) is 6.07 Å². The monoisotopic (exact) mass is 515 g/mol. The molecule has 2 rings (SSSR count). The highest BCUT2D eigenvalue weighted by molar-refractivity contribution is 6.90. The predicted octanol–water partition coefficient (Wildman–Crippen LogP) is 3.18. The number of amides is 2. The molecule has 35 heavy (non-hydrogen) atoms. The van der Waals surface area contributed by atoms with Gasteiger partial charge in [0.05, 0.1) is 28.0 Å². The fourth-order valence-corrected chi connectivity index (χ4v) is 6.95. The molecule has 0 spiro atoms. The number of benzene rings is 1. The van der Waals surface area contributed by atoms with Gasteiger partial charge in [-0.15, -0.1) is 5.54 Å². The van der Waals surface area contributed by atoms with E-state index in [1.165, 1.54) is 26.0 Å². The van der Waals surface area contributed by atoms with Gasteiger partial charge in [0.25, 0.3) is 0 Å². The highest BCUT2D eigenvalue weighted by atomic mass is 28.3. The molecular weight excluding hydrogens is 478 g/mol. The van der Waals surface area contributed by atoms with Gasteiger partial charge in [0.2, 0.25) is 11.8 Å². The summed E-state index contributed by atoms with van der Waals surface area (Å²) in [6.45, 7) is 15.9. The number of imide groups is 1. The maximum atomic E-state index is 12.9. The Morgan fingerprint density at radius 2 is 1.54 bits per heavy atom. The van der Waals surface area contributed by atoms with Gasteiger partial charge in [-0.3, -0.25) is 24.1 Å². The Balaban J connectivity index is 3.06. The molecule has 0 unspecified atom stereocenters. The first-order chi connectivity index (χ1) is 16.0. The summed E-state index contributed by atoms with van der Waals surface area (Å²) in [7, 11) is -1.53. The Morgan fingerprint density at radius 3 is 1.94 bits per heavy atom. The largest absolute Gasteiger partial charge is 0.468 e. The molecule has 9 heteroatoms. The molecule has 0 radical (unpaired) electrons. The molecule has 7 nitrogen and oxygen atoms in total. The average Bonchev–Trinajstić information content (AvgIpc) is 3.14. The van der Waals surface area contributed by atoms with E-state index in [1.54, 1.807) is 13.0 Å². The molecule has 0 atom stereocenters. The first kappa shape index (κ1) is 28.5. The summed E-state index contributed by atoms with van der Waals surface area (Å²) in [5, 5.41) is 0.879.